The van der Waals surface area contributed by atoms with Crippen LogP contribution >= 0.6 is 0 Å². The third-order valence-electron chi connectivity index (χ3n) is 4.89. The highest BCUT2D eigenvalue weighted by Crippen LogP contribution is 2.13. The van der Waals surface area contributed by atoms with E-state index in [0.29, 0.717) is 0 Å². The van der Waals surface area contributed by atoms with Crippen molar-refractivity contribution >= 4 is 0 Å². The highest BCUT2D eigenvalue weighted by Gasteiger charge is 2.19. The van der Waals surface area contributed by atoms with E-state index in [1.807, 2.05) is 0 Å². The molecule has 0 saturated carbocycles. The van der Waals surface area contributed by atoms with E-state index in [1.165, 1.54) is 70.8 Å². The minimum atomic E-state index is 0.0828. The van der Waals surface area contributed by atoms with Gasteiger partial charge >= 0.3 is 0 Å². The lowest BCUT2D eigenvalue weighted by Gasteiger charge is -2.38. The molecule has 0 fully saturated rings. The van der Waals surface area contributed by atoms with Crippen LogP contribution in [0.3, 0.4) is 0 Å². The number of quaternary nitrogens is 1. The van der Waals surface area contributed by atoms with Crippen LogP contribution in [0.2, 0.25) is 0 Å². The normalized spacial score (nSPS) is 12.0. The van der Waals surface area contributed by atoms with Gasteiger partial charge in [0.2, 0.25) is 0 Å². The molecule has 0 heterocycles. The minimum Gasteiger partial charge on any atom is -0.850 e. The smallest absolute Gasteiger partial charge is 0.0786 e. The summed E-state index contributed by atoms with van der Waals surface area (Å²) in [5.41, 5.74) is 0. The zero-order valence-electron chi connectivity index (χ0n) is 14.5. The molecule has 0 rings (SSSR count). The molecule has 0 aromatic heterocycles. The van der Waals surface area contributed by atoms with Crippen molar-refractivity contribution in [3.8, 4) is 0 Å². The average Bonchev–Trinajstić information content (AvgIpc) is 2.48. The van der Waals surface area contributed by atoms with Crippen LogP contribution in [-0.4, -0.2) is 37.3 Å². The van der Waals surface area contributed by atoms with Crippen molar-refractivity contribution in [3.05, 3.63) is 0 Å². The largest absolute Gasteiger partial charge is 0.850 e. The molecule has 0 amide bonds. The van der Waals surface area contributed by atoms with Crippen LogP contribution in [-0.2, 0) is 0 Å². The summed E-state index contributed by atoms with van der Waals surface area (Å²) in [6.07, 6.45) is 13.9. The molecule has 0 aliphatic carbocycles. The molecule has 0 saturated heterocycles. The van der Waals surface area contributed by atoms with Crippen LogP contribution in [0.4, 0.5) is 0 Å². The van der Waals surface area contributed by atoms with Crippen LogP contribution < -0.4 is 5.11 Å². The molecule has 0 aromatic rings. The predicted molar refractivity (Wildman–Crippen MR) is 87.8 cm³/mol. The van der Waals surface area contributed by atoms with Gasteiger partial charge in [0.05, 0.1) is 26.2 Å². The molecule has 2 nitrogen and oxygen atoms in total. The van der Waals surface area contributed by atoms with Crippen molar-refractivity contribution in [1.82, 2.24) is 0 Å². The van der Waals surface area contributed by atoms with E-state index >= 15 is 0 Å². The Morgan fingerprint density at radius 2 is 1.05 bits per heavy atom. The molecule has 0 spiro atoms. The molecule has 0 radical (unpaired) electrons. The molecule has 0 aliphatic heterocycles. The first-order valence-electron chi connectivity index (χ1n) is 9.17. The third kappa shape index (κ3) is 9.77. The van der Waals surface area contributed by atoms with Gasteiger partial charge < -0.3 is 9.59 Å². The Morgan fingerprint density at radius 1 is 0.600 bits per heavy atom. The van der Waals surface area contributed by atoms with Crippen molar-refractivity contribution < 1.29 is 9.59 Å². The van der Waals surface area contributed by atoms with E-state index in [-0.39, 0.29) is 6.61 Å². The zero-order chi connectivity index (χ0) is 15.1. The maximum Gasteiger partial charge on any atom is 0.0786 e. The first-order valence-corrected chi connectivity index (χ1v) is 9.17. The summed E-state index contributed by atoms with van der Waals surface area (Å²) in [5, 5.41) is 10.9. The Hall–Kier alpha value is -0.0800. The maximum absolute atomic E-state index is 10.9. The van der Waals surface area contributed by atoms with E-state index in [2.05, 4.69) is 20.8 Å². The van der Waals surface area contributed by atoms with Crippen LogP contribution in [0.15, 0.2) is 0 Å². The maximum atomic E-state index is 10.9. The molecular formula is C18H39NO. The number of hydrogen-bond acceptors (Lipinski definition) is 1. The van der Waals surface area contributed by atoms with Crippen LogP contribution in [0.1, 0.15) is 85.0 Å². The summed E-state index contributed by atoms with van der Waals surface area (Å²) in [6, 6.07) is 0. The molecule has 122 valence electrons. The fourth-order valence-electron chi connectivity index (χ4n) is 3.10. The summed E-state index contributed by atoms with van der Waals surface area (Å²) in [5.74, 6) is 0. The summed E-state index contributed by atoms with van der Waals surface area (Å²) in [6.45, 7) is 11.1. The lowest BCUT2D eigenvalue weighted by atomic mass is 10.1. The van der Waals surface area contributed by atoms with Gasteiger partial charge in [0.1, 0.15) is 0 Å². The molecule has 2 heteroatoms. The molecule has 0 aromatic carbocycles. The van der Waals surface area contributed by atoms with Gasteiger partial charge in [-0.15, -0.1) is 0 Å². The second kappa shape index (κ2) is 13.9. The van der Waals surface area contributed by atoms with Gasteiger partial charge in [-0.25, -0.2) is 0 Å². The molecule has 0 aliphatic rings. The van der Waals surface area contributed by atoms with Crippen molar-refractivity contribution in [1.29, 1.82) is 0 Å². The third-order valence-corrected chi connectivity index (χ3v) is 4.89. The molecule has 0 bridgehead atoms. The molecule has 20 heavy (non-hydrogen) atoms. The zero-order valence-corrected chi connectivity index (χ0v) is 14.5. The van der Waals surface area contributed by atoms with Gasteiger partial charge in [0.15, 0.2) is 0 Å². The fraction of sp³-hybridized carbons (Fsp3) is 1.00. The lowest BCUT2D eigenvalue weighted by molar-refractivity contribution is -0.929. The quantitative estimate of drug-likeness (QED) is 0.328. The highest BCUT2D eigenvalue weighted by molar-refractivity contribution is 4.48. The monoisotopic (exact) mass is 285 g/mol. The summed E-state index contributed by atoms with van der Waals surface area (Å²) < 4.78 is 1.04. The van der Waals surface area contributed by atoms with E-state index in [1.54, 1.807) is 0 Å². The molecule has 0 atom stereocenters. The van der Waals surface area contributed by atoms with E-state index in [4.69, 9.17) is 0 Å². The molecular weight excluding hydrogens is 246 g/mol. The lowest BCUT2D eigenvalue weighted by Crippen LogP contribution is -2.51. The number of rotatable bonds is 15. The van der Waals surface area contributed by atoms with Crippen molar-refractivity contribution in [2.75, 3.05) is 32.8 Å². The second-order valence-electron chi connectivity index (χ2n) is 6.31. The first-order chi connectivity index (χ1) is 9.74. The van der Waals surface area contributed by atoms with Gasteiger partial charge in [-0.1, -0.05) is 64.9 Å². The van der Waals surface area contributed by atoms with Gasteiger partial charge in [-0.05, 0) is 26.7 Å². The first kappa shape index (κ1) is 19.9. The van der Waals surface area contributed by atoms with Crippen molar-refractivity contribution in [3.63, 3.8) is 0 Å². The van der Waals surface area contributed by atoms with Gasteiger partial charge in [-0.2, -0.15) is 0 Å². The van der Waals surface area contributed by atoms with E-state index in [9.17, 15) is 5.11 Å². The van der Waals surface area contributed by atoms with Gasteiger partial charge in [-0.3, -0.25) is 0 Å². The Labute approximate surface area is 128 Å². The van der Waals surface area contributed by atoms with Gasteiger partial charge in [0.25, 0.3) is 0 Å². The number of likely N-dealkylation sites (N-methyl/N-ethyl adjacent to an activating group) is 1. The Bertz CT molecular complexity index is 190. The number of unbranched alkanes of at least 4 members (excludes halogenated alkanes) is 9. The van der Waals surface area contributed by atoms with Crippen LogP contribution in [0, 0.1) is 0 Å². The van der Waals surface area contributed by atoms with Crippen LogP contribution in [0.5, 0.6) is 0 Å². The molecule has 0 N–H and O–H groups in total. The Balaban J connectivity index is 3.45. The fourth-order valence-corrected chi connectivity index (χ4v) is 3.10. The summed E-state index contributed by atoms with van der Waals surface area (Å²) >= 11 is 0. The number of hydrogen-bond donors (Lipinski definition) is 0. The van der Waals surface area contributed by atoms with Crippen LogP contribution in [0.25, 0.3) is 0 Å². The Kier molecular flexibility index (Phi) is 13.8. The predicted octanol–water partition coefficient (Wildman–Crippen LogP) is 4.12. The van der Waals surface area contributed by atoms with Gasteiger partial charge in [0, 0.05) is 0 Å². The number of nitrogens with zero attached hydrogens (tertiary/aromatic N) is 1. The minimum absolute atomic E-state index is 0.0828. The second-order valence-corrected chi connectivity index (χ2v) is 6.31. The average molecular weight is 286 g/mol. The van der Waals surface area contributed by atoms with E-state index < -0.39 is 0 Å². The summed E-state index contributed by atoms with van der Waals surface area (Å²) in [7, 11) is 0. The highest BCUT2D eigenvalue weighted by atomic mass is 16.3. The Morgan fingerprint density at radius 3 is 1.45 bits per heavy atom. The van der Waals surface area contributed by atoms with E-state index in [0.717, 1.165) is 24.1 Å². The molecule has 0 unspecified atom stereocenters. The summed E-state index contributed by atoms with van der Waals surface area (Å²) in [4.78, 5) is 0. The van der Waals surface area contributed by atoms with Crippen molar-refractivity contribution in [2.24, 2.45) is 0 Å². The topological polar surface area (TPSA) is 23.1 Å². The van der Waals surface area contributed by atoms with Crippen molar-refractivity contribution in [2.45, 2.75) is 85.0 Å². The SMILES string of the molecule is CCCCCCCCCCCC[N+](CC)(CC)CC[O-]. The standard InChI is InChI=1S/C18H39NO/c1-4-7-8-9-10-11-12-13-14-15-16-19(5-2,6-3)17-18-20/h4-18H2,1-3H3.